The van der Waals surface area contributed by atoms with Crippen LogP contribution in [0.25, 0.3) is 0 Å². The van der Waals surface area contributed by atoms with Gasteiger partial charge < -0.3 is 24.7 Å². The summed E-state index contributed by atoms with van der Waals surface area (Å²) in [5, 5.41) is 6.37. The van der Waals surface area contributed by atoms with E-state index in [9.17, 15) is 4.79 Å². The highest BCUT2D eigenvalue weighted by Crippen LogP contribution is 2.28. The fourth-order valence-electron chi connectivity index (χ4n) is 2.42. The molecule has 2 N–H and O–H groups in total. The minimum atomic E-state index is -0.485. The van der Waals surface area contributed by atoms with Crippen LogP contribution in [0.1, 0.15) is 51.0 Å². The van der Waals surface area contributed by atoms with Crippen molar-refractivity contribution in [3.05, 3.63) is 17.3 Å². The lowest BCUT2D eigenvalue weighted by molar-refractivity contribution is 0.0238. The van der Waals surface area contributed by atoms with Gasteiger partial charge in [-0.3, -0.25) is 4.99 Å². The Morgan fingerprint density at radius 1 is 1.35 bits per heavy atom. The molecular formula is C18H31N5O3. The zero-order valence-corrected chi connectivity index (χ0v) is 16.7. The number of aliphatic imine (C=N–C) groups is 1. The molecule has 1 heterocycles. The minimum absolute atomic E-state index is 0.254. The van der Waals surface area contributed by atoms with Gasteiger partial charge in [0.1, 0.15) is 11.4 Å². The van der Waals surface area contributed by atoms with E-state index in [0.717, 1.165) is 24.3 Å². The first kappa shape index (κ1) is 20.1. The third-order valence-electron chi connectivity index (χ3n) is 3.96. The average Bonchev–Trinajstić information content (AvgIpc) is 3.31. The van der Waals surface area contributed by atoms with Gasteiger partial charge in [0.05, 0.1) is 12.2 Å². The standard InChI is InChI=1S/C18H31N5O3/c1-12-13(2)25-15(22-12)11-21-16(19-6)20-9-10-23(14-7-8-14)17(24)26-18(3,4)5/h14H,7-11H2,1-6H3,(H2,19,20,21). The molecule has 1 saturated carbocycles. The second-order valence-electron chi connectivity index (χ2n) is 7.51. The Morgan fingerprint density at radius 3 is 2.54 bits per heavy atom. The van der Waals surface area contributed by atoms with Crippen LogP contribution in [0.3, 0.4) is 0 Å². The monoisotopic (exact) mass is 365 g/mol. The van der Waals surface area contributed by atoms with Crippen molar-refractivity contribution in [2.75, 3.05) is 20.1 Å². The van der Waals surface area contributed by atoms with Gasteiger partial charge in [0.15, 0.2) is 5.96 Å². The Bertz CT molecular complexity index is 624. The first-order valence-corrected chi connectivity index (χ1v) is 9.06. The van der Waals surface area contributed by atoms with Crippen LogP contribution in [0.2, 0.25) is 0 Å². The lowest BCUT2D eigenvalue weighted by atomic mass is 10.2. The molecular weight excluding hydrogens is 334 g/mol. The highest BCUT2D eigenvalue weighted by atomic mass is 16.6. The smallest absolute Gasteiger partial charge is 0.410 e. The molecule has 0 unspecified atom stereocenters. The molecule has 0 aliphatic heterocycles. The van der Waals surface area contributed by atoms with Crippen molar-refractivity contribution >= 4 is 12.1 Å². The predicted molar refractivity (Wildman–Crippen MR) is 100 cm³/mol. The minimum Gasteiger partial charge on any atom is -0.444 e. The van der Waals surface area contributed by atoms with Gasteiger partial charge in [-0.2, -0.15) is 0 Å². The summed E-state index contributed by atoms with van der Waals surface area (Å²) in [6.07, 6.45) is 1.82. The highest BCUT2D eigenvalue weighted by molar-refractivity contribution is 5.79. The number of hydrogen-bond donors (Lipinski definition) is 2. The predicted octanol–water partition coefficient (Wildman–Crippen LogP) is 2.36. The summed E-state index contributed by atoms with van der Waals surface area (Å²) in [5.41, 5.74) is 0.406. The molecule has 1 aliphatic rings. The van der Waals surface area contributed by atoms with E-state index in [1.54, 1.807) is 11.9 Å². The molecule has 1 aromatic rings. The quantitative estimate of drug-likeness (QED) is 0.594. The van der Waals surface area contributed by atoms with Crippen LogP contribution in [0.5, 0.6) is 0 Å². The summed E-state index contributed by atoms with van der Waals surface area (Å²) >= 11 is 0. The maximum absolute atomic E-state index is 12.3. The van der Waals surface area contributed by atoms with E-state index < -0.39 is 5.60 Å². The SMILES string of the molecule is CN=C(NCCN(C(=O)OC(C)(C)C)C1CC1)NCc1nc(C)c(C)o1. The van der Waals surface area contributed by atoms with Crippen LogP contribution in [-0.2, 0) is 11.3 Å². The lowest BCUT2D eigenvalue weighted by Gasteiger charge is -2.27. The number of amides is 1. The number of guanidine groups is 1. The van der Waals surface area contributed by atoms with Crippen LogP contribution in [0, 0.1) is 13.8 Å². The van der Waals surface area contributed by atoms with Crippen molar-refractivity contribution in [3.8, 4) is 0 Å². The molecule has 0 spiro atoms. The summed E-state index contributed by atoms with van der Waals surface area (Å²) in [7, 11) is 1.70. The number of carbonyl (C=O) groups is 1. The van der Waals surface area contributed by atoms with Gasteiger partial charge in [-0.15, -0.1) is 0 Å². The summed E-state index contributed by atoms with van der Waals surface area (Å²) in [6.45, 7) is 11.0. The molecule has 8 nitrogen and oxygen atoms in total. The Balaban J connectivity index is 1.78. The van der Waals surface area contributed by atoms with Crippen molar-refractivity contribution in [3.63, 3.8) is 0 Å². The van der Waals surface area contributed by atoms with E-state index in [-0.39, 0.29) is 6.09 Å². The zero-order chi connectivity index (χ0) is 19.3. The van der Waals surface area contributed by atoms with E-state index in [1.165, 1.54) is 0 Å². The van der Waals surface area contributed by atoms with Crippen molar-refractivity contribution in [1.82, 2.24) is 20.5 Å². The number of carbonyl (C=O) groups excluding carboxylic acids is 1. The Hall–Kier alpha value is -2.25. The molecule has 1 aliphatic carbocycles. The van der Waals surface area contributed by atoms with Crippen molar-refractivity contribution in [2.24, 2.45) is 4.99 Å². The van der Waals surface area contributed by atoms with Crippen LogP contribution in [-0.4, -0.2) is 53.7 Å². The van der Waals surface area contributed by atoms with Crippen LogP contribution in [0.4, 0.5) is 4.79 Å². The molecule has 0 atom stereocenters. The van der Waals surface area contributed by atoms with E-state index >= 15 is 0 Å². The van der Waals surface area contributed by atoms with Gasteiger partial charge in [0.25, 0.3) is 0 Å². The van der Waals surface area contributed by atoms with E-state index in [2.05, 4.69) is 20.6 Å². The number of rotatable bonds is 6. The second-order valence-corrected chi connectivity index (χ2v) is 7.51. The molecule has 1 aromatic heterocycles. The van der Waals surface area contributed by atoms with Gasteiger partial charge >= 0.3 is 6.09 Å². The normalized spacial score (nSPS) is 14.9. The molecule has 2 rings (SSSR count). The van der Waals surface area contributed by atoms with Crippen molar-refractivity contribution < 1.29 is 13.9 Å². The van der Waals surface area contributed by atoms with Crippen LogP contribution in [0.15, 0.2) is 9.41 Å². The fourth-order valence-corrected chi connectivity index (χ4v) is 2.42. The number of ether oxygens (including phenoxy) is 1. The van der Waals surface area contributed by atoms with Gasteiger partial charge in [0.2, 0.25) is 5.89 Å². The Morgan fingerprint density at radius 2 is 2.04 bits per heavy atom. The highest BCUT2D eigenvalue weighted by Gasteiger charge is 2.34. The van der Waals surface area contributed by atoms with Gasteiger partial charge in [-0.05, 0) is 47.5 Å². The zero-order valence-electron chi connectivity index (χ0n) is 16.7. The third-order valence-corrected chi connectivity index (χ3v) is 3.96. The molecule has 0 saturated heterocycles. The first-order valence-electron chi connectivity index (χ1n) is 9.06. The molecule has 0 bridgehead atoms. The summed E-state index contributed by atoms with van der Waals surface area (Å²) in [5.74, 6) is 2.08. The molecule has 0 radical (unpaired) electrons. The Labute approximate surface area is 155 Å². The maximum Gasteiger partial charge on any atom is 0.410 e. The number of hydrogen-bond acceptors (Lipinski definition) is 5. The summed E-state index contributed by atoms with van der Waals surface area (Å²) in [6, 6.07) is 0.292. The Kier molecular flexibility index (Phi) is 6.50. The molecule has 0 aromatic carbocycles. The van der Waals surface area contributed by atoms with Gasteiger partial charge in [0, 0.05) is 26.2 Å². The third kappa shape index (κ3) is 6.24. The van der Waals surface area contributed by atoms with Gasteiger partial charge in [-0.25, -0.2) is 9.78 Å². The molecule has 1 fully saturated rings. The van der Waals surface area contributed by atoms with Crippen molar-refractivity contribution in [2.45, 2.75) is 65.6 Å². The lowest BCUT2D eigenvalue weighted by Crippen LogP contribution is -2.45. The molecule has 1 amide bonds. The van der Waals surface area contributed by atoms with E-state index in [0.29, 0.717) is 37.5 Å². The first-order chi connectivity index (χ1) is 12.2. The fraction of sp³-hybridized carbons (Fsp3) is 0.722. The second kappa shape index (κ2) is 8.42. The number of aryl methyl sites for hydroxylation is 2. The average molecular weight is 365 g/mol. The largest absolute Gasteiger partial charge is 0.444 e. The molecule has 146 valence electrons. The topological polar surface area (TPSA) is 92.0 Å². The van der Waals surface area contributed by atoms with Crippen LogP contribution >= 0.6 is 0 Å². The van der Waals surface area contributed by atoms with Crippen molar-refractivity contribution in [1.29, 1.82) is 0 Å². The number of oxazole rings is 1. The van der Waals surface area contributed by atoms with E-state index in [1.807, 2.05) is 34.6 Å². The number of nitrogens with zero attached hydrogens (tertiary/aromatic N) is 3. The number of aromatic nitrogens is 1. The van der Waals surface area contributed by atoms with Gasteiger partial charge in [-0.1, -0.05) is 0 Å². The molecule has 8 heteroatoms. The summed E-state index contributed by atoms with van der Waals surface area (Å²) in [4.78, 5) is 22.7. The number of nitrogens with one attached hydrogen (secondary N) is 2. The summed E-state index contributed by atoms with van der Waals surface area (Å²) < 4.78 is 11.0. The molecule has 26 heavy (non-hydrogen) atoms. The van der Waals surface area contributed by atoms with E-state index in [4.69, 9.17) is 9.15 Å². The van der Waals surface area contributed by atoms with Crippen LogP contribution < -0.4 is 10.6 Å². The maximum atomic E-state index is 12.3.